The highest BCUT2D eigenvalue weighted by Crippen LogP contribution is 2.33. The van der Waals surface area contributed by atoms with Crippen molar-refractivity contribution in [2.24, 2.45) is 11.5 Å². The molecule has 0 heterocycles. The zero-order valence-corrected chi connectivity index (χ0v) is 5.69. The first-order valence-electron chi connectivity index (χ1n) is 1.87. The molecule has 0 rings (SSSR count). The Morgan fingerprint density at radius 2 is 1.60 bits per heavy atom. The Morgan fingerprint density at radius 1 is 1.50 bits per heavy atom. The average Bonchev–Trinajstić information content (AvgIpc) is 1.64. The maximum absolute atomic E-state index is 9.55. The van der Waals surface area contributed by atoms with Crippen LogP contribution < -0.4 is 11.5 Å². The predicted octanol–water partition coefficient (Wildman–Crippen LogP) is -1.66. The first kappa shape index (κ1) is 11.8. The number of amides is 2. The molecule has 0 saturated carbocycles. The summed E-state index contributed by atoms with van der Waals surface area (Å²) in [5, 5.41) is 0. The van der Waals surface area contributed by atoms with Gasteiger partial charge >= 0.3 is 13.2 Å². The van der Waals surface area contributed by atoms with Gasteiger partial charge in [0, 0.05) is 0 Å². The largest absolute Gasteiger partial charge is 0.412 e. The third-order valence-electron chi connectivity index (χ3n) is 0.287. The molecule has 2 amide bonds. The highest BCUT2D eigenvalue weighted by molar-refractivity contribution is 7.69. The molecular weight excluding hydrogens is 163 g/mol. The minimum Gasteiger partial charge on any atom is -0.372 e. The normalized spacial score (nSPS) is 9.00. The molecule has 0 aromatic carbocycles. The average molecular weight is 170 g/mol. The number of hydrogen-bond acceptors (Lipinski definition) is 3. The van der Waals surface area contributed by atoms with E-state index in [0.717, 1.165) is 0 Å². The molecule has 0 aliphatic heterocycles. The number of hydrogen-bond donors (Lipinski definition) is 4. The lowest BCUT2D eigenvalue weighted by molar-refractivity contribution is -0.106. The highest BCUT2D eigenvalue weighted by atomic mass is 31.2. The van der Waals surface area contributed by atoms with Gasteiger partial charge in [-0.1, -0.05) is 0 Å². The molecular formula is C2H7N2O5P. The Labute approximate surface area is 56.2 Å². The van der Waals surface area contributed by atoms with Gasteiger partial charge < -0.3 is 21.3 Å². The van der Waals surface area contributed by atoms with Crippen LogP contribution in [0.1, 0.15) is 0 Å². The van der Waals surface area contributed by atoms with Gasteiger partial charge in [0.2, 0.25) is 6.41 Å². The van der Waals surface area contributed by atoms with Crippen molar-refractivity contribution in [1.82, 2.24) is 0 Å². The zero-order valence-electron chi connectivity index (χ0n) is 4.80. The number of primary amides is 2. The molecule has 7 nitrogen and oxygen atoms in total. The molecule has 10 heavy (non-hydrogen) atoms. The van der Waals surface area contributed by atoms with Crippen LogP contribution in [0.25, 0.3) is 0 Å². The molecule has 0 radical (unpaired) electrons. The monoisotopic (exact) mass is 170 g/mol. The summed E-state index contributed by atoms with van der Waals surface area (Å²) in [6.07, 6.45) is 0.250. The first-order valence-corrected chi connectivity index (χ1v) is 3.48. The lowest BCUT2D eigenvalue weighted by Crippen LogP contribution is -2.07. The lowest BCUT2D eigenvalue weighted by Gasteiger charge is -1.91. The van der Waals surface area contributed by atoms with Crippen molar-refractivity contribution in [3.05, 3.63) is 0 Å². The lowest BCUT2D eigenvalue weighted by atomic mass is 11.5. The quantitative estimate of drug-likeness (QED) is 0.275. The summed E-state index contributed by atoms with van der Waals surface area (Å²) in [6.45, 7) is 0. The van der Waals surface area contributed by atoms with Gasteiger partial charge in [-0.25, -0.2) is 4.57 Å². The van der Waals surface area contributed by atoms with Crippen LogP contribution >= 0.6 is 7.60 Å². The van der Waals surface area contributed by atoms with Crippen molar-refractivity contribution in [2.45, 2.75) is 0 Å². The van der Waals surface area contributed by atoms with Gasteiger partial charge in [-0.05, 0) is 0 Å². The molecule has 0 saturated heterocycles. The molecule has 0 aliphatic carbocycles. The highest BCUT2D eigenvalue weighted by Gasteiger charge is 2.20. The van der Waals surface area contributed by atoms with Gasteiger partial charge in [-0.2, -0.15) is 0 Å². The molecule has 0 unspecified atom stereocenters. The molecule has 0 bridgehead atoms. The van der Waals surface area contributed by atoms with Gasteiger partial charge in [0.25, 0.3) is 0 Å². The van der Waals surface area contributed by atoms with Gasteiger partial charge in [-0.15, -0.1) is 0 Å². The molecule has 60 valence electrons. The van der Waals surface area contributed by atoms with Crippen molar-refractivity contribution in [1.29, 1.82) is 0 Å². The van der Waals surface area contributed by atoms with Crippen LogP contribution in [0.4, 0.5) is 4.79 Å². The molecule has 0 atom stereocenters. The van der Waals surface area contributed by atoms with Crippen molar-refractivity contribution in [2.75, 3.05) is 0 Å². The molecule has 0 spiro atoms. The van der Waals surface area contributed by atoms with Crippen LogP contribution in [-0.4, -0.2) is 21.8 Å². The molecule has 0 aliphatic rings. The minimum atomic E-state index is -4.60. The fourth-order valence-corrected chi connectivity index (χ4v) is 0. The maximum atomic E-state index is 9.55. The SMILES string of the molecule is NC(=O)P(=O)(O)O.NC=O. The van der Waals surface area contributed by atoms with E-state index >= 15 is 0 Å². The molecule has 8 heteroatoms. The van der Waals surface area contributed by atoms with Crippen LogP contribution in [0.5, 0.6) is 0 Å². The fourth-order valence-electron chi connectivity index (χ4n) is 0. The molecule has 0 fully saturated rings. The number of rotatable bonds is 1. The Kier molecular flexibility index (Phi) is 5.82. The summed E-state index contributed by atoms with van der Waals surface area (Å²) in [5.74, 6) is 0. The van der Waals surface area contributed by atoms with E-state index < -0.39 is 13.2 Å². The second-order valence-electron chi connectivity index (χ2n) is 1.02. The van der Waals surface area contributed by atoms with E-state index in [1.807, 2.05) is 0 Å². The molecule has 0 aromatic rings. The Balaban J connectivity index is 0. The van der Waals surface area contributed by atoms with Crippen LogP contribution in [0.3, 0.4) is 0 Å². The minimum absolute atomic E-state index is 0.250. The molecule has 0 aromatic heterocycles. The van der Waals surface area contributed by atoms with E-state index in [0.29, 0.717) is 0 Å². The third-order valence-corrected chi connectivity index (χ3v) is 0.861. The first-order chi connectivity index (χ1) is 4.36. The summed E-state index contributed by atoms with van der Waals surface area (Å²) in [6, 6.07) is 0. The summed E-state index contributed by atoms with van der Waals surface area (Å²) in [5.41, 5.74) is 6.74. The van der Waals surface area contributed by atoms with E-state index in [1.165, 1.54) is 0 Å². The Bertz CT molecular complexity index is 161. The number of carbonyl (C=O) groups excluding carboxylic acids is 2. The summed E-state index contributed by atoms with van der Waals surface area (Å²) >= 11 is 0. The van der Waals surface area contributed by atoms with Crippen LogP contribution in [0, 0.1) is 0 Å². The van der Waals surface area contributed by atoms with Crippen molar-refractivity contribution >= 4 is 19.7 Å². The van der Waals surface area contributed by atoms with E-state index in [1.54, 1.807) is 0 Å². The van der Waals surface area contributed by atoms with E-state index in [9.17, 15) is 9.36 Å². The maximum Gasteiger partial charge on any atom is 0.412 e. The van der Waals surface area contributed by atoms with Gasteiger partial charge in [0.05, 0.1) is 0 Å². The summed E-state index contributed by atoms with van der Waals surface area (Å²) < 4.78 is 9.55. The van der Waals surface area contributed by atoms with Crippen molar-refractivity contribution < 1.29 is 23.9 Å². The van der Waals surface area contributed by atoms with Crippen LogP contribution in [0.15, 0.2) is 0 Å². The van der Waals surface area contributed by atoms with E-state index in [-0.39, 0.29) is 6.41 Å². The van der Waals surface area contributed by atoms with Crippen LogP contribution in [0.2, 0.25) is 0 Å². The Morgan fingerprint density at radius 3 is 1.60 bits per heavy atom. The van der Waals surface area contributed by atoms with Gasteiger partial charge in [0.1, 0.15) is 0 Å². The Hall–Kier alpha value is -0.910. The smallest absolute Gasteiger partial charge is 0.372 e. The topological polar surface area (TPSA) is 144 Å². The predicted molar refractivity (Wildman–Crippen MR) is 31.9 cm³/mol. The van der Waals surface area contributed by atoms with Gasteiger partial charge in [0.15, 0.2) is 0 Å². The standard InChI is InChI=1S/CH4NO4P.CH3NO/c2-1(3)7(4,5)6;2-1-3/h(H2,2,3)(H2,4,5,6);1H,(H2,2,3). The second kappa shape index (κ2) is 4.92. The van der Waals surface area contributed by atoms with Crippen molar-refractivity contribution in [3.8, 4) is 0 Å². The fraction of sp³-hybridized carbons (Fsp3) is 0. The van der Waals surface area contributed by atoms with Crippen molar-refractivity contribution in [3.63, 3.8) is 0 Å². The number of nitrogens with two attached hydrogens (primary N) is 2. The van der Waals surface area contributed by atoms with Crippen LogP contribution in [-0.2, 0) is 9.36 Å². The second-order valence-corrected chi connectivity index (χ2v) is 2.55. The summed E-state index contributed by atoms with van der Waals surface area (Å²) in [4.78, 5) is 33.5. The number of carbonyl (C=O) groups is 2. The third kappa shape index (κ3) is 10.1. The summed E-state index contributed by atoms with van der Waals surface area (Å²) in [7, 11) is -4.60. The van der Waals surface area contributed by atoms with E-state index in [4.69, 9.17) is 14.6 Å². The van der Waals surface area contributed by atoms with E-state index in [2.05, 4.69) is 11.5 Å². The van der Waals surface area contributed by atoms with Gasteiger partial charge in [-0.3, -0.25) is 9.59 Å². The molecule has 6 N–H and O–H groups in total. The zero-order chi connectivity index (χ0) is 8.78.